The van der Waals surface area contributed by atoms with E-state index in [-0.39, 0.29) is 30.3 Å². The SMILES string of the molecule is CC(c1ccc(CC(=O)/C=C/C(=O)O)cc1)c1ccc(CC(=O)/C=C/C(=O)O)cc1. The van der Waals surface area contributed by atoms with Gasteiger partial charge in [-0.2, -0.15) is 0 Å². The van der Waals surface area contributed by atoms with Gasteiger partial charge in [0.1, 0.15) is 0 Å². The summed E-state index contributed by atoms with van der Waals surface area (Å²) in [5.74, 6) is -2.76. The number of carbonyl (C=O) groups excluding carboxylic acids is 2. The third-order valence-corrected chi connectivity index (χ3v) is 4.54. The lowest BCUT2D eigenvalue weighted by molar-refractivity contribution is -0.132. The van der Waals surface area contributed by atoms with Gasteiger partial charge < -0.3 is 10.2 Å². The van der Waals surface area contributed by atoms with Crippen molar-refractivity contribution in [1.82, 2.24) is 0 Å². The van der Waals surface area contributed by atoms with Crippen LogP contribution >= 0.6 is 0 Å². The molecule has 0 spiro atoms. The van der Waals surface area contributed by atoms with E-state index in [1.165, 1.54) is 0 Å². The van der Waals surface area contributed by atoms with Crippen molar-refractivity contribution in [3.8, 4) is 0 Å². The Bertz CT molecular complexity index is 900. The maximum atomic E-state index is 11.7. The standard InChI is InChI=1S/C24H22O6/c1-16(19-6-2-17(3-7-19)14-21(25)10-12-23(27)28)20-8-4-18(5-9-20)15-22(26)11-13-24(29)30/h2-13,16H,14-15H2,1H3,(H,27,28)(H,29,30)/b12-10+,13-11+. The van der Waals surface area contributed by atoms with Crippen LogP contribution in [0.3, 0.4) is 0 Å². The zero-order valence-corrected chi connectivity index (χ0v) is 16.4. The summed E-state index contributed by atoms with van der Waals surface area (Å²) >= 11 is 0. The quantitative estimate of drug-likeness (QED) is 0.586. The number of carboxylic acid groups (broad SMARTS) is 2. The van der Waals surface area contributed by atoms with Crippen LogP contribution in [0.15, 0.2) is 72.8 Å². The number of ketones is 2. The first-order valence-electron chi connectivity index (χ1n) is 9.30. The number of aliphatic carboxylic acids is 2. The van der Waals surface area contributed by atoms with Crippen LogP contribution < -0.4 is 0 Å². The molecule has 0 aromatic heterocycles. The molecule has 0 heterocycles. The molecule has 0 amide bonds. The molecule has 154 valence electrons. The number of hydrogen-bond acceptors (Lipinski definition) is 4. The predicted octanol–water partition coefficient (Wildman–Crippen LogP) is 3.34. The molecule has 0 saturated heterocycles. The molecule has 0 saturated carbocycles. The van der Waals surface area contributed by atoms with E-state index < -0.39 is 11.9 Å². The van der Waals surface area contributed by atoms with E-state index in [1.807, 2.05) is 55.5 Å². The minimum atomic E-state index is -1.15. The highest BCUT2D eigenvalue weighted by atomic mass is 16.4. The lowest BCUT2D eigenvalue weighted by Crippen LogP contribution is -2.02. The fourth-order valence-corrected chi connectivity index (χ4v) is 2.89. The highest BCUT2D eigenvalue weighted by Gasteiger charge is 2.10. The normalized spacial score (nSPS) is 11.3. The number of carbonyl (C=O) groups is 4. The van der Waals surface area contributed by atoms with Crippen LogP contribution in [0, 0.1) is 0 Å². The van der Waals surface area contributed by atoms with Gasteiger partial charge in [-0.25, -0.2) is 9.59 Å². The van der Waals surface area contributed by atoms with Crippen molar-refractivity contribution in [2.45, 2.75) is 25.7 Å². The zero-order chi connectivity index (χ0) is 22.1. The number of benzene rings is 2. The lowest BCUT2D eigenvalue weighted by Gasteiger charge is -2.13. The third-order valence-electron chi connectivity index (χ3n) is 4.54. The second kappa shape index (κ2) is 10.7. The van der Waals surface area contributed by atoms with Crippen molar-refractivity contribution in [3.63, 3.8) is 0 Å². The summed E-state index contributed by atoms with van der Waals surface area (Å²) in [6.07, 6.45) is 4.05. The van der Waals surface area contributed by atoms with Crippen LogP contribution in [0.25, 0.3) is 0 Å². The van der Waals surface area contributed by atoms with E-state index in [1.54, 1.807) is 0 Å². The smallest absolute Gasteiger partial charge is 0.328 e. The highest BCUT2D eigenvalue weighted by molar-refractivity contribution is 5.97. The molecule has 0 atom stereocenters. The van der Waals surface area contributed by atoms with E-state index in [4.69, 9.17) is 10.2 Å². The van der Waals surface area contributed by atoms with Crippen molar-refractivity contribution >= 4 is 23.5 Å². The Kier molecular flexibility index (Phi) is 7.99. The topological polar surface area (TPSA) is 109 Å². The molecule has 0 unspecified atom stereocenters. The first-order chi connectivity index (χ1) is 14.2. The zero-order valence-electron chi connectivity index (χ0n) is 16.4. The predicted molar refractivity (Wildman–Crippen MR) is 111 cm³/mol. The molecule has 0 fully saturated rings. The number of rotatable bonds is 10. The molecule has 0 radical (unpaired) electrons. The summed E-state index contributed by atoms with van der Waals surface area (Å²) in [4.78, 5) is 44.4. The van der Waals surface area contributed by atoms with Gasteiger partial charge in [-0.15, -0.1) is 0 Å². The van der Waals surface area contributed by atoms with Crippen molar-refractivity contribution in [2.24, 2.45) is 0 Å². The Balaban J connectivity index is 2.00. The Morgan fingerprint density at radius 3 is 1.30 bits per heavy atom. The minimum absolute atomic E-state index is 0.0957. The molecule has 2 rings (SSSR count). The summed E-state index contributed by atoms with van der Waals surface area (Å²) in [5.41, 5.74) is 3.71. The molecule has 0 bridgehead atoms. The van der Waals surface area contributed by atoms with Gasteiger partial charge in [-0.3, -0.25) is 9.59 Å². The second-order valence-corrected chi connectivity index (χ2v) is 6.83. The van der Waals surface area contributed by atoms with E-state index >= 15 is 0 Å². The molecule has 2 N–H and O–H groups in total. The average Bonchev–Trinajstić information content (AvgIpc) is 2.71. The first kappa shape index (κ1) is 22.5. The van der Waals surface area contributed by atoms with E-state index in [2.05, 4.69) is 0 Å². The van der Waals surface area contributed by atoms with Crippen molar-refractivity contribution in [2.75, 3.05) is 0 Å². The number of carboxylic acids is 2. The summed E-state index contributed by atoms with van der Waals surface area (Å²) in [6.45, 7) is 2.05. The van der Waals surface area contributed by atoms with Crippen LogP contribution in [0.4, 0.5) is 0 Å². The fourth-order valence-electron chi connectivity index (χ4n) is 2.89. The lowest BCUT2D eigenvalue weighted by atomic mass is 9.91. The van der Waals surface area contributed by atoms with Gasteiger partial charge >= 0.3 is 11.9 Å². The van der Waals surface area contributed by atoms with Gasteiger partial charge in [-0.1, -0.05) is 55.5 Å². The molecule has 2 aromatic rings. The van der Waals surface area contributed by atoms with Gasteiger partial charge in [0, 0.05) is 30.9 Å². The highest BCUT2D eigenvalue weighted by Crippen LogP contribution is 2.25. The van der Waals surface area contributed by atoms with Crippen molar-refractivity contribution in [1.29, 1.82) is 0 Å². The Hall–Kier alpha value is -3.80. The average molecular weight is 406 g/mol. The first-order valence-corrected chi connectivity index (χ1v) is 9.30. The second-order valence-electron chi connectivity index (χ2n) is 6.83. The Morgan fingerprint density at radius 2 is 1.00 bits per heavy atom. The molecule has 2 aromatic carbocycles. The third kappa shape index (κ3) is 7.31. The maximum absolute atomic E-state index is 11.7. The summed E-state index contributed by atoms with van der Waals surface area (Å²) in [5, 5.41) is 17.1. The summed E-state index contributed by atoms with van der Waals surface area (Å²) in [7, 11) is 0. The molecule has 30 heavy (non-hydrogen) atoms. The summed E-state index contributed by atoms with van der Waals surface area (Å²) in [6, 6.07) is 15.1. The fraction of sp³-hybridized carbons (Fsp3) is 0.167. The monoisotopic (exact) mass is 406 g/mol. The van der Waals surface area contributed by atoms with Gasteiger partial charge in [0.05, 0.1) is 0 Å². The number of allylic oxidation sites excluding steroid dienone is 2. The van der Waals surface area contributed by atoms with E-state index in [0.29, 0.717) is 0 Å². The van der Waals surface area contributed by atoms with Gasteiger partial charge in [0.25, 0.3) is 0 Å². The van der Waals surface area contributed by atoms with E-state index in [0.717, 1.165) is 46.6 Å². The molecule has 6 nitrogen and oxygen atoms in total. The van der Waals surface area contributed by atoms with Crippen molar-refractivity contribution in [3.05, 3.63) is 95.1 Å². The van der Waals surface area contributed by atoms with Gasteiger partial charge in [0.15, 0.2) is 11.6 Å². The van der Waals surface area contributed by atoms with Crippen LogP contribution in [-0.2, 0) is 32.0 Å². The Labute approximate surface area is 174 Å². The van der Waals surface area contributed by atoms with Gasteiger partial charge in [0.2, 0.25) is 0 Å². The molecule has 6 heteroatoms. The van der Waals surface area contributed by atoms with Crippen LogP contribution in [0.2, 0.25) is 0 Å². The Morgan fingerprint density at radius 1 is 0.667 bits per heavy atom. The van der Waals surface area contributed by atoms with Crippen molar-refractivity contribution < 1.29 is 29.4 Å². The van der Waals surface area contributed by atoms with Gasteiger partial charge in [-0.05, 0) is 34.4 Å². The molecular formula is C24H22O6. The van der Waals surface area contributed by atoms with Crippen LogP contribution in [-0.4, -0.2) is 33.7 Å². The molecule has 0 aliphatic rings. The maximum Gasteiger partial charge on any atom is 0.328 e. The molecule has 0 aliphatic heterocycles. The van der Waals surface area contributed by atoms with Crippen LogP contribution in [0.5, 0.6) is 0 Å². The molecule has 0 aliphatic carbocycles. The van der Waals surface area contributed by atoms with Crippen LogP contribution in [0.1, 0.15) is 35.1 Å². The number of hydrogen-bond donors (Lipinski definition) is 2. The minimum Gasteiger partial charge on any atom is -0.478 e. The largest absolute Gasteiger partial charge is 0.478 e. The van der Waals surface area contributed by atoms with E-state index in [9.17, 15) is 19.2 Å². The molecular weight excluding hydrogens is 384 g/mol. The summed E-state index contributed by atoms with van der Waals surface area (Å²) < 4.78 is 0.